The number of hydrogen-bond acceptors (Lipinski definition) is 2. The van der Waals surface area contributed by atoms with Gasteiger partial charge in [-0.3, -0.25) is 4.79 Å². The summed E-state index contributed by atoms with van der Waals surface area (Å²) in [5.74, 6) is -0.219. The summed E-state index contributed by atoms with van der Waals surface area (Å²) in [4.78, 5) is 11.8. The van der Waals surface area contributed by atoms with Crippen molar-refractivity contribution in [2.75, 3.05) is 0 Å². The van der Waals surface area contributed by atoms with E-state index in [0.717, 1.165) is 17.3 Å². The van der Waals surface area contributed by atoms with Crippen molar-refractivity contribution in [1.82, 2.24) is 5.43 Å². The maximum absolute atomic E-state index is 11.8. The lowest BCUT2D eigenvalue weighted by atomic mass is 10.1. The SMILES string of the molecule is CC(C)=CCC/C(C)=C\C=NNC(=O)c1cccc(Br)c1. The van der Waals surface area contributed by atoms with Crippen LogP contribution in [0.5, 0.6) is 0 Å². The van der Waals surface area contributed by atoms with Crippen LogP contribution in [0, 0.1) is 0 Å². The summed E-state index contributed by atoms with van der Waals surface area (Å²) in [7, 11) is 0. The quantitative estimate of drug-likeness (QED) is 0.445. The molecule has 0 aliphatic rings. The summed E-state index contributed by atoms with van der Waals surface area (Å²) in [6.45, 7) is 6.25. The van der Waals surface area contributed by atoms with E-state index in [2.05, 4.69) is 53.3 Å². The second-order valence-electron chi connectivity index (χ2n) is 5.06. The van der Waals surface area contributed by atoms with Gasteiger partial charge >= 0.3 is 0 Å². The number of benzene rings is 1. The van der Waals surface area contributed by atoms with Gasteiger partial charge in [0.15, 0.2) is 0 Å². The molecule has 0 aliphatic carbocycles. The fourth-order valence-electron chi connectivity index (χ4n) is 1.63. The van der Waals surface area contributed by atoms with Crippen LogP contribution in [-0.4, -0.2) is 12.1 Å². The lowest BCUT2D eigenvalue weighted by Crippen LogP contribution is -2.17. The summed E-state index contributed by atoms with van der Waals surface area (Å²) in [5, 5.41) is 3.93. The number of amides is 1. The molecule has 0 saturated heterocycles. The second-order valence-corrected chi connectivity index (χ2v) is 5.98. The molecule has 1 N–H and O–H groups in total. The highest BCUT2D eigenvalue weighted by molar-refractivity contribution is 9.10. The van der Waals surface area contributed by atoms with Crippen molar-refractivity contribution in [3.05, 3.63) is 57.6 Å². The monoisotopic (exact) mass is 348 g/mol. The zero-order valence-electron chi connectivity index (χ0n) is 12.7. The Kier molecular flexibility index (Phi) is 7.69. The van der Waals surface area contributed by atoms with Crippen molar-refractivity contribution >= 4 is 28.1 Å². The van der Waals surface area contributed by atoms with Gasteiger partial charge in [0.25, 0.3) is 5.91 Å². The van der Waals surface area contributed by atoms with E-state index in [4.69, 9.17) is 0 Å². The van der Waals surface area contributed by atoms with E-state index in [0.29, 0.717) is 5.56 Å². The number of rotatable bonds is 6. The zero-order chi connectivity index (χ0) is 15.7. The molecule has 1 aromatic rings. The molecule has 0 spiro atoms. The first-order valence-electron chi connectivity index (χ1n) is 6.87. The smallest absolute Gasteiger partial charge is 0.267 e. The molecular weight excluding hydrogens is 328 g/mol. The Morgan fingerprint density at radius 2 is 2.10 bits per heavy atom. The molecule has 0 heterocycles. The molecular formula is C17H21BrN2O. The minimum absolute atomic E-state index is 0.219. The van der Waals surface area contributed by atoms with Gasteiger partial charge in [-0.1, -0.05) is 39.2 Å². The zero-order valence-corrected chi connectivity index (χ0v) is 14.3. The summed E-state index contributed by atoms with van der Waals surface area (Å²) >= 11 is 3.33. The molecule has 0 unspecified atom stereocenters. The van der Waals surface area contributed by atoms with Crippen molar-refractivity contribution in [3.8, 4) is 0 Å². The Labute approximate surface area is 135 Å². The molecule has 1 rings (SSSR count). The van der Waals surface area contributed by atoms with E-state index in [1.807, 2.05) is 18.2 Å². The highest BCUT2D eigenvalue weighted by Gasteiger charge is 2.03. The molecule has 0 radical (unpaired) electrons. The van der Waals surface area contributed by atoms with Gasteiger partial charge in [0.2, 0.25) is 0 Å². The van der Waals surface area contributed by atoms with Gasteiger partial charge in [-0.15, -0.1) is 0 Å². The van der Waals surface area contributed by atoms with Crippen LogP contribution >= 0.6 is 15.9 Å². The highest BCUT2D eigenvalue weighted by atomic mass is 79.9. The Bertz CT molecular complexity index is 570. The van der Waals surface area contributed by atoms with Crippen molar-refractivity contribution < 1.29 is 4.79 Å². The number of halogens is 1. The molecule has 21 heavy (non-hydrogen) atoms. The third-order valence-electron chi connectivity index (χ3n) is 2.78. The highest BCUT2D eigenvalue weighted by Crippen LogP contribution is 2.11. The van der Waals surface area contributed by atoms with Crippen LogP contribution in [0.15, 0.2) is 57.1 Å². The summed E-state index contributed by atoms with van der Waals surface area (Å²) < 4.78 is 0.870. The van der Waals surface area contributed by atoms with E-state index in [-0.39, 0.29) is 5.91 Å². The fourth-order valence-corrected chi connectivity index (χ4v) is 2.03. The van der Waals surface area contributed by atoms with Gasteiger partial charge < -0.3 is 0 Å². The predicted octanol–water partition coefficient (Wildman–Crippen LogP) is 4.86. The van der Waals surface area contributed by atoms with Gasteiger partial charge in [0.05, 0.1) is 0 Å². The van der Waals surface area contributed by atoms with Crippen LogP contribution < -0.4 is 5.43 Å². The normalized spacial score (nSPS) is 11.5. The first-order chi connectivity index (χ1) is 9.99. The predicted molar refractivity (Wildman–Crippen MR) is 92.5 cm³/mol. The van der Waals surface area contributed by atoms with Gasteiger partial charge in [0.1, 0.15) is 0 Å². The van der Waals surface area contributed by atoms with Gasteiger partial charge in [-0.2, -0.15) is 5.10 Å². The number of allylic oxidation sites excluding steroid dienone is 4. The van der Waals surface area contributed by atoms with Crippen LogP contribution in [0.25, 0.3) is 0 Å². The van der Waals surface area contributed by atoms with Crippen molar-refractivity contribution in [3.63, 3.8) is 0 Å². The van der Waals surface area contributed by atoms with E-state index < -0.39 is 0 Å². The molecule has 112 valence electrons. The second kappa shape index (κ2) is 9.29. The lowest BCUT2D eigenvalue weighted by Gasteiger charge is -2.00. The number of nitrogens with one attached hydrogen (secondary N) is 1. The van der Waals surface area contributed by atoms with E-state index >= 15 is 0 Å². The molecule has 0 fully saturated rings. The van der Waals surface area contributed by atoms with Crippen LogP contribution in [-0.2, 0) is 0 Å². The lowest BCUT2D eigenvalue weighted by molar-refractivity contribution is 0.0955. The molecule has 1 aromatic carbocycles. The van der Waals surface area contributed by atoms with E-state index in [9.17, 15) is 4.79 Å². The molecule has 0 aromatic heterocycles. The number of hydrazone groups is 1. The largest absolute Gasteiger partial charge is 0.271 e. The average molecular weight is 349 g/mol. The van der Waals surface area contributed by atoms with Gasteiger partial charge in [0, 0.05) is 16.3 Å². The van der Waals surface area contributed by atoms with Crippen LogP contribution in [0.2, 0.25) is 0 Å². The van der Waals surface area contributed by atoms with Crippen molar-refractivity contribution in [1.29, 1.82) is 0 Å². The maximum atomic E-state index is 11.8. The van der Waals surface area contributed by atoms with Crippen molar-refractivity contribution in [2.24, 2.45) is 5.10 Å². The molecule has 0 saturated carbocycles. The molecule has 0 atom stereocenters. The maximum Gasteiger partial charge on any atom is 0.271 e. The average Bonchev–Trinajstić information content (AvgIpc) is 2.43. The number of carbonyl (C=O) groups is 1. The van der Waals surface area contributed by atoms with Gasteiger partial charge in [-0.05, 0) is 57.9 Å². The van der Waals surface area contributed by atoms with Gasteiger partial charge in [-0.25, -0.2) is 5.43 Å². The Morgan fingerprint density at radius 1 is 1.33 bits per heavy atom. The van der Waals surface area contributed by atoms with Crippen LogP contribution in [0.3, 0.4) is 0 Å². The number of hydrogen-bond donors (Lipinski definition) is 1. The molecule has 3 nitrogen and oxygen atoms in total. The molecule has 0 aliphatic heterocycles. The minimum atomic E-state index is -0.219. The molecule has 4 heteroatoms. The third-order valence-corrected chi connectivity index (χ3v) is 3.27. The van der Waals surface area contributed by atoms with Crippen molar-refractivity contribution in [2.45, 2.75) is 33.6 Å². The molecule has 1 amide bonds. The van der Waals surface area contributed by atoms with Crippen LogP contribution in [0.1, 0.15) is 44.0 Å². The van der Waals surface area contributed by atoms with Crippen LogP contribution in [0.4, 0.5) is 0 Å². The topological polar surface area (TPSA) is 41.5 Å². The fraction of sp³-hybridized carbons (Fsp3) is 0.294. The van der Waals surface area contributed by atoms with E-state index in [1.54, 1.807) is 18.3 Å². The van der Waals surface area contributed by atoms with E-state index in [1.165, 1.54) is 11.1 Å². The number of carbonyl (C=O) groups excluding carboxylic acids is 1. The summed E-state index contributed by atoms with van der Waals surface area (Å²) in [6.07, 6.45) is 7.77. The first kappa shape index (κ1) is 17.4. The minimum Gasteiger partial charge on any atom is -0.267 e. The Morgan fingerprint density at radius 3 is 2.76 bits per heavy atom. The Hall–Kier alpha value is -1.68. The Balaban J connectivity index is 2.43. The first-order valence-corrected chi connectivity index (χ1v) is 7.66. The third kappa shape index (κ3) is 7.61. The summed E-state index contributed by atoms with van der Waals surface area (Å²) in [5.41, 5.74) is 5.64. The standard InChI is InChI=1S/C17H21BrN2O/c1-13(2)6-4-7-14(3)10-11-19-20-17(21)15-8-5-9-16(18)12-15/h5-6,8-12H,4,7H2,1-3H3,(H,20,21)/b14-10-,19-11?. The summed E-state index contributed by atoms with van der Waals surface area (Å²) in [6, 6.07) is 7.19. The number of nitrogens with zero attached hydrogens (tertiary/aromatic N) is 1. The molecule has 0 bridgehead atoms.